The molecular formula is C21H17N3O9. The Morgan fingerprint density at radius 2 is 1.61 bits per heavy atom. The third-order valence-electron chi connectivity index (χ3n) is 5.08. The molecule has 1 aliphatic heterocycles. The number of non-ortho nitro benzene ring substituents is 2. The van der Waals surface area contributed by atoms with Crippen LogP contribution in [0.3, 0.4) is 0 Å². The van der Waals surface area contributed by atoms with Crippen molar-refractivity contribution in [1.29, 1.82) is 0 Å². The molecule has 1 fully saturated rings. The van der Waals surface area contributed by atoms with E-state index in [-0.39, 0.29) is 47.5 Å². The van der Waals surface area contributed by atoms with Gasteiger partial charge >= 0.3 is 5.97 Å². The van der Waals surface area contributed by atoms with Crippen LogP contribution < -0.4 is 0 Å². The van der Waals surface area contributed by atoms with Gasteiger partial charge in [-0.3, -0.25) is 34.6 Å². The number of likely N-dealkylation sites (tertiary alicyclic amines) is 1. The van der Waals surface area contributed by atoms with Crippen LogP contribution in [0.5, 0.6) is 0 Å². The van der Waals surface area contributed by atoms with Crippen LogP contribution in [0.1, 0.15) is 30.0 Å². The first-order valence-electron chi connectivity index (χ1n) is 9.61. The van der Waals surface area contributed by atoms with E-state index in [1.54, 1.807) is 0 Å². The normalized spacial score (nSPS) is 17.2. The Bertz CT molecular complexity index is 1190. The lowest BCUT2D eigenvalue weighted by atomic mass is 9.95. The maximum Gasteiger partial charge on any atom is 0.303 e. The molecule has 12 heteroatoms. The number of carbonyl (C=O) groups is 3. The van der Waals surface area contributed by atoms with Gasteiger partial charge in [-0.15, -0.1) is 0 Å². The minimum atomic E-state index is -1.21. The summed E-state index contributed by atoms with van der Waals surface area (Å²) in [6.45, 7) is -0.152. The predicted molar refractivity (Wildman–Crippen MR) is 112 cm³/mol. The number of hydrogen-bond acceptors (Lipinski definition) is 8. The van der Waals surface area contributed by atoms with Crippen molar-refractivity contribution in [3.63, 3.8) is 0 Å². The molecule has 0 aromatic heterocycles. The number of carboxylic acid groups (broad SMARTS) is 1. The molecule has 0 saturated carbocycles. The minimum Gasteiger partial charge on any atom is -0.507 e. The molecule has 0 bridgehead atoms. The number of nitro groups is 2. The van der Waals surface area contributed by atoms with Gasteiger partial charge in [-0.1, -0.05) is 12.1 Å². The zero-order valence-corrected chi connectivity index (χ0v) is 16.9. The van der Waals surface area contributed by atoms with Gasteiger partial charge in [0.2, 0.25) is 0 Å². The molecule has 0 unspecified atom stereocenters. The highest BCUT2D eigenvalue weighted by molar-refractivity contribution is 6.46. The highest BCUT2D eigenvalue weighted by atomic mass is 16.6. The second-order valence-corrected chi connectivity index (χ2v) is 7.15. The highest BCUT2D eigenvalue weighted by Gasteiger charge is 2.46. The molecule has 1 heterocycles. The predicted octanol–water partition coefficient (Wildman–Crippen LogP) is 2.79. The largest absolute Gasteiger partial charge is 0.507 e. The van der Waals surface area contributed by atoms with Crippen LogP contribution in [-0.2, 0) is 14.4 Å². The number of aliphatic hydroxyl groups excluding tert-OH is 1. The van der Waals surface area contributed by atoms with Gasteiger partial charge in [-0.2, -0.15) is 0 Å². The Morgan fingerprint density at radius 3 is 2.18 bits per heavy atom. The topological polar surface area (TPSA) is 181 Å². The first-order valence-corrected chi connectivity index (χ1v) is 9.61. The minimum absolute atomic E-state index is 0.00531. The van der Waals surface area contributed by atoms with Crippen LogP contribution in [0.15, 0.2) is 54.1 Å². The third kappa shape index (κ3) is 4.69. The Kier molecular flexibility index (Phi) is 6.47. The summed E-state index contributed by atoms with van der Waals surface area (Å²) in [7, 11) is 0. The molecule has 0 radical (unpaired) electrons. The van der Waals surface area contributed by atoms with E-state index in [1.807, 2.05) is 0 Å². The summed E-state index contributed by atoms with van der Waals surface area (Å²) in [5.74, 6) is -3.78. The number of carbonyl (C=O) groups excluding carboxylic acids is 2. The Labute approximate surface area is 185 Å². The number of rotatable bonds is 8. The molecule has 2 aromatic rings. The molecule has 12 nitrogen and oxygen atoms in total. The fourth-order valence-corrected chi connectivity index (χ4v) is 3.56. The number of nitrogens with zero attached hydrogens (tertiary/aromatic N) is 3. The molecule has 2 N–H and O–H groups in total. The summed E-state index contributed by atoms with van der Waals surface area (Å²) >= 11 is 0. The average Bonchev–Trinajstić information content (AvgIpc) is 3.03. The lowest BCUT2D eigenvalue weighted by Gasteiger charge is -2.25. The van der Waals surface area contributed by atoms with Crippen LogP contribution in [0, 0.1) is 20.2 Å². The first-order chi connectivity index (χ1) is 15.6. The van der Waals surface area contributed by atoms with Crippen molar-refractivity contribution in [2.45, 2.75) is 18.9 Å². The van der Waals surface area contributed by atoms with E-state index in [9.17, 15) is 39.7 Å². The highest BCUT2D eigenvalue weighted by Crippen LogP contribution is 2.40. The van der Waals surface area contributed by atoms with E-state index in [1.165, 1.54) is 30.3 Å². The van der Waals surface area contributed by atoms with Crippen LogP contribution in [0.25, 0.3) is 5.76 Å². The summed E-state index contributed by atoms with van der Waals surface area (Å²) in [5, 5.41) is 41.9. The number of Topliss-reactive ketones (excluding diaryl/α,β-unsaturated/α-hetero) is 1. The van der Waals surface area contributed by atoms with Crippen molar-refractivity contribution < 1.29 is 34.4 Å². The molecule has 170 valence electrons. The zero-order valence-electron chi connectivity index (χ0n) is 16.9. The average molecular weight is 455 g/mol. The Balaban J connectivity index is 2.13. The molecule has 3 rings (SSSR count). The number of nitro benzene ring substituents is 2. The van der Waals surface area contributed by atoms with Crippen molar-refractivity contribution >= 4 is 34.8 Å². The third-order valence-corrected chi connectivity index (χ3v) is 5.08. The Hall–Kier alpha value is -4.61. The smallest absolute Gasteiger partial charge is 0.303 e. The fraction of sp³-hybridized carbons (Fsp3) is 0.190. The molecule has 1 amide bonds. The number of aliphatic carboxylic acids is 1. The SMILES string of the molecule is O=C(O)CCCN1C(=O)C(=O)C(=C(O)c2ccc([N+](=O)[O-])cc2)[C@@H]1c1cccc([N+](=O)[O-])c1. The van der Waals surface area contributed by atoms with Crippen molar-refractivity contribution in [2.75, 3.05) is 6.54 Å². The lowest BCUT2D eigenvalue weighted by Crippen LogP contribution is -2.31. The zero-order chi connectivity index (χ0) is 24.3. The molecule has 2 aromatic carbocycles. The Morgan fingerprint density at radius 1 is 0.970 bits per heavy atom. The van der Waals surface area contributed by atoms with E-state index < -0.39 is 39.3 Å². The molecule has 1 aliphatic rings. The first kappa shape index (κ1) is 23.1. The van der Waals surface area contributed by atoms with E-state index in [0.717, 1.165) is 23.1 Å². The van der Waals surface area contributed by atoms with Crippen LogP contribution in [0.2, 0.25) is 0 Å². The summed E-state index contributed by atoms with van der Waals surface area (Å²) in [4.78, 5) is 58.3. The summed E-state index contributed by atoms with van der Waals surface area (Å²) < 4.78 is 0. The lowest BCUT2D eigenvalue weighted by molar-refractivity contribution is -0.385. The molecule has 33 heavy (non-hydrogen) atoms. The van der Waals surface area contributed by atoms with E-state index >= 15 is 0 Å². The molecule has 1 atom stereocenters. The van der Waals surface area contributed by atoms with Crippen LogP contribution >= 0.6 is 0 Å². The van der Waals surface area contributed by atoms with Crippen molar-refractivity contribution in [2.24, 2.45) is 0 Å². The van der Waals surface area contributed by atoms with E-state index in [2.05, 4.69) is 0 Å². The van der Waals surface area contributed by atoms with Gasteiger partial charge < -0.3 is 15.1 Å². The summed E-state index contributed by atoms with van der Waals surface area (Å²) in [6.07, 6.45) is -0.279. The monoisotopic (exact) mass is 455 g/mol. The number of ketones is 1. The van der Waals surface area contributed by atoms with Gasteiger partial charge in [0.15, 0.2) is 0 Å². The van der Waals surface area contributed by atoms with E-state index in [4.69, 9.17) is 5.11 Å². The van der Waals surface area contributed by atoms with Gasteiger partial charge in [-0.25, -0.2) is 0 Å². The van der Waals surface area contributed by atoms with Crippen LogP contribution in [0.4, 0.5) is 11.4 Å². The number of carboxylic acids is 1. The number of amides is 1. The van der Waals surface area contributed by atoms with Gasteiger partial charge in [0.05, 0.1) is 21.5 Å². The maximum atomic E-state index is 12.8. The van der Waals surface area contributed by atoms with Crippen molar-refractivity contribution in [1.82, 2.24) is 4.90 Å². The molecule has 1 saturated heterocycles. The van der Waals surface area contributed by atoms with Gasteiger partial charge in [0.1, 0.15) is 5.76 Å². The van der Waals surface area contributed by atoms with Crippen molar-refractivity contribution in [3.8, 4) is 0 Å². The number of hydrogen-bond donors (Lipinski definition) is 2. The van der Waals surface area contributed by atoms with Gasteiger partial charge in [0, 0.05) is 42.8 Å². The standard InChI is InChI=1S/C21H17N3O9/c25-16(26)5-2-10-22-18(13-3-1-4-15(11-13)24(32)33)17(20(28)21(22)29)19(27)12-6-8-14(9-7-12)23(30)31/h1,3-4,6-9,11,18,27H,2,5,10H2,(H,25,26)/t18-/m0/s1. The van der Waals surface area contributed by atoms with E-state index in [0.29, 0.717) is 0 Å². The second kappa shape index (κ2) is 9.26. The summed E-state index contributed by atoms with van der Waals surface area (Å²) in [6, 6.07) is 8.59. The number of benzene rings is 2. The fourth-order valence-electron chi connectivity index (χ4n) is 3.56. The quantitative estimate of drug-likeness (QED) is 0.199. The van der Waals surface area contributed by atoms with Crippen LogP contribution in [-0.4, -0.2) is 49.2 Å². The molecule has 0 aliphatic carbocycles. The maximum absolute atomic E-state index is 12.8. The number of aliphatic hydroxyl groups is 1. The molecular weight excluding hydrogens is 438 g/mol. The second-order valence-electron chi connectivity index (χ2n) is 7.15. The summed E-state index contributed by atoms with van der Waals surface area (Å²) in [5.41, 5.74) is -0.721. The molecule has 0 spiro atoms. The van der Waals surface area contributed by atoms with Crippen molar-refractivity contribution in [3.05, 3.63) is 85.5 Å². The van der Waals surface area contributed by atoms with Gasteiger partial charge in [-0.05, 0) is 24.1 Å². The van der Waals surface area contributed by atoms with Gasteiger partial charge in [0.25, 0.3) is 23.1 Å².